The lowest BCUT2D eigenvalue weighted by molar-refractivity contribution is 0.426. The second-order valence-electron chi connectivity index (χ2n) is 4.16. The van der Waals surface area contributed by atoms with E-state index in [1.807, 2.05) is 0 Å². The maximum atomic E-state index is 11.3. The molecule has 1 saturated heterocycles. The summed E-state index contributed by atoms with van der Waals surface area (Å²) in [6.07, 6.45) is 3.93. The Morgan fingerprint density at radius 2 is 2.38 bits per heavy atom. The van der Waals surface area contributed by atoms with Crippen LogP contribution in [-0.2, 0) is 16.3 Å². The molecule has 0 bridgehead atoms. The lowest BCUT2D eigenvalue weighted by atomic mass is 10.1. The molecule has 6 heteroatoms. The van der Waals surface area contributed by atoms with Crippen molar-refractivity contribution in [1.29, 1.82) is 0 Å². The van der Waals surface area contributed by atoms with E-state index >= 15 is 0 Å². The molecule has 1 aromatic heterocycles. The third-order valence-electron chi connectivity index (χ3n) is 2.78. The summed E-state index contributed by atoms with van der Waals surface area (Å²) < 4.78 is 28.1. The van der Waals surface area contributed by atoms with E-state index in [-0.39, 0.29) is 17.4 Å². The van der Waals surface area contributed by atoms with E-state index in [1.54, 1.807) is 6.20 Å². The highest BCUT2D eigenvalue weighted by atomic mass is 32.2. The Morgan fingerprint density at radius 3 is 3.00 bits per heavy atom. The highest BCUT2D eigenvalue weighted by Gasteiger charge is 2.32. The minimum atomic E-state index is -2.87. The summed E-state index contributed by atoms with van der Waals surface area (Å²) >= 11 is 0. The van der Waals surface area contributed by atoms with Crippen molar-refractivity contribution in [2.45, 2.75) is 25.2 Å². The fourth-order valence-electron chi connectivity index (χ4n) is 1.89. The molecule has 1 aliphatic rings. The van der Waals surface area contributed by atoms with E-state index in [0.29, 0.717) is 18.9 Å². The van der Waals surface area contributed by atoms with Crippen molar-refractivity contribution < 1.29 is 12.8 Å². The molecule has 0 radical (unpaired) electrons. The van der Waals surface area contributed by atoms with E-state index in [4.69, 9.17) is 10.2 Å². The standard InChI is InChI=1S/C10H16N2O3S/c11-4-1-2-9-6-12-10(15-9)8-3-5-16(13,14)7-8/h6,8H,1-5,7,11H2. The molecule has 1 unspecified atom stereocenters. The topological polar surface area (TPSA) is 86.2 Å². The fraction of sp³-hybridized carbons (Fsp3) is 0.700. The van der Waals surface area contributed by atoms with Crippen LogP contribution in [0.1, 0.15) is 30.4 Å². The van der Waals surface area contributed by atoms with Gasteiger partial charge in [-0.05, 0) is 19.4 Å². The molecule has 16 heavy (non-hydrogen) atoms. The Morgan fingerprint density at radius 1 is 1.56 bits per heavy atom. The Bertz CT molecular complexity index is 452. The molecule has 2 heterocycles. The highest BCUT2D eigenvalue weighted by molar-refractivity contribution is 7.91. The first-order chi connectivity index (χ1) is 7.61. The van der Waals surface area contributed by atoms with Crippen LogP contribution in [0, 0.1) is 0 Å². The summed E-state index contributed by atoms with van der Waals surface area (Å²) in [5, 5.41) is 0. The van der Waals surface area contributed by atoms with Gasteiger partial charge in [-0.2, -0.15) is 0 Å². The van der Waals surface area contributed by atoms with E-state index in [1.165, 1.54) is 0 Å². The zero-order chi connectivity index (χ0) is 11.6. The van der Waals surface area contributed by atoms with E-state index in [0.717, 1.165) is 18.6 Å². The third-order valence-corrected chi connectivity index (χ3v) is 4.55. The van der Waals surface area contributed by atoms with Crippen LogP contribution in [0.2, 0.25) is 0 Å². The van der Waals surface area contributed by atoms with Crippen molar-refractivity contribution in [3.8, 4) is 0 Å². The quantitative estimate of drug-likeness (QED) is 0.832. The summed E-state index contributed by atoms with van der Waals surface area (Å²) in [4.78, 5) is 4.14. The van der Waals surface area contributed by atoms with Crippen molar-refractivity contribution in [3.05, 3.63) is 17.8 Å². The van der Waals surface area contributed by atoms with Gasteiger partial charge < -0.3 is 10.2 Å². The molecule has 0 spiro atoms. The number of nitrogens with two attached hydrogens (primary N) is 1. The number of hydrogen-bond donors (Lipinski definition) is 1. The lowest BCUT2D eigenvalue weighted by Gasteiger charge is -2.00. The largest absolute Gasteiger partial charge is 0.445 e. The maximum absolute atomic E-state index is 11.3. The number of nitrogens with zero attached hydrogens (tertiary/aromatic N) is 1. The molecule has 1 atom stereocenters. The molecule has 0 aliphatic carbocycles. The predicted molar refractivity (Wildman–Crippen MR) is 59.9 cm³/mol. The van der Waals surface area contributed by atoms with Gasteiger partial charge in [-0.15, -0.1) is 0 Å². The Labute approximate surface area is 95.0 Å². The average Bonchev–Trinajstić information content (AvgIpc) is 2.81. The minimum Gasteiger partial charge on any atom is -0.445 e. The van der Waals surface area contributed by atoms with Gasteiger partial charge in [0.25, 0.3) is 0 Å². The van der Waals surface area contributed by atoms with E-state index < -0.39 is 9.84 Å². The Hall–Kier alpha value is -0.880. The second kappa shape index (κ2) is 4.55. The smallest absolute Gasteiger partial charge is 0.198 e. The first-order valence-corrected chi connectivity index (χ1v) is 7.28. The molecule has 2 N–H and O–H groups in total. The van der Waals surface area contributed by atoms with E-state index in [9.17, 15) is 8.42 Å². The van der Waals surface area contributed by atoms with Gasteiger partial charge in [-0.1, -0.05) is 0 Å². The van der Waals surface area contributed by atoms with Gasteiger partial charge in [0, 0.05) is 6.42 Å². The zero-order valence-electron chi connectivity index (χ0n) is 9.05. The summed E-state index contributed by atoms with van der Waals surface area (Å²) in [5.41, 5.74) is 5.40. The van der Waals surface area contributed by atoms with Gasteiger partial charge in [-0.25, -0.2) is 13.4 Å². The first kappa shape index (κ1) is 11.6. The zero-order valence-corrected chi connectivity index (χ0v) is 9.87. The molecule has 0 amide bonds. The van der Waals surface area contributed by atoms with Crippen molar-refractivity contribution in [2.75, 3.05) is 18.1 Å². The van der Waals surface area contributed by atoms with Crippen LogP contribution < -0.4 is 5.73 Å². The van der Waals surface area contributed by atoms with Crippen molar-refractivity contribution in [1.82, 2.24) is 4.98 Å². The number of oxazole rings is 1. The van der Waals surface area contributed by atoms with Gasteiger partial charge in [0.15, 0.2) is 15.7 Å². The van der Waals surface area contributed by atoms with E-state index in [2.05, 4.69) is 4.98 Å². The Balaban J connectivity index is 2.02. The highest BCUT2D eigenvalue weighted by Crippen LogP contribution is 2.28. The summed E-state index contributed by atoms with van der Waals surface area (Å²) in [5.74, 6) is 1.72. The second-order valence-corrected chi connectivity index (χ2v) is 6.39. The fourth-order valence-corrected chi connectivity index (χ4v) is 3.63. The molecule has 0 saturated carbocycles. The monoisotopic (exact) mass is 244 g/mol. The minimum absolute atomic E-state index is 0.0587. The molecular formula is C10H16N2O3S. The maximum Gasteiger partial charge on any atom is 0.198 e. The summed E-state index contributed by atoms with van der Waals surface area (Å²) in [6, 6.07) is 0. The van der Waals surface area contributed by atoms with Gasteiger partial charge in [0.2, 0.25) is 0 Å². The average molecular weight is 244 g/mol. The van der Waals surface area contributed by atoms with Crippen LogP contribution in [0.4, 0.5) is 0 Å². The SMILES string of the molecule is NCCCc1cnc(C2CCS(=O)(=O)C2)o1. The molecule has 1 aromatic rings. The van der Waals surface area contributed by atoms with Crippen LogP contribution in [-0.4, -0.2) is 31.5 Å². The predicted octanol–water partition coefficient (Wildman–Crippen LogP) is 0.468. The van der Waals surface area contributed by atoms with Crippen molar-refractivity contribution >= 4 is 9.84 Å². The first-order valence-electron chi connectivity index (χ1n) is 5.46. The van der Waals surface area contributed by atoms with Crippen LogP contribution in [0.5, 0.6) is 0 Å². The van der Waals surface area contributed by atoms with Crippen LogP contribution in [0.25, 0.3) is 0 Å². The molecule has 2 rings (SSSR count). The normalized spacial score (nSPS) is 23.7. The van der Waals surface area contributed by atoms with Gasteiger partial charge >= 0.3 is 0 Å². The van der Waals surface area contributed by atoms with Crippen LogP contribution in [0.3, 0.4) is 0 Å². The Kier molecular flexibility index (Phi) is 3.30. The van der Waals surface area contributed by atoms with Crippen LogP contribution in [0.15, 0.2) is 10.6 Å². The number of rotatable bonds is 4. The molecule has 1 aliphatic heterocycles. The number of aryl methyl sites for hydroxylation is 1. The summed E-state index contributed by atoms with van der Waals surface area (Å²) in [6.45, 7) is 0.619. The van der Waals surface area contributed by atoms with Gasteiger partial charge in [0.1, 0.15) is 5.76 Å². The molecule has 1 fully saturated rings. The third kappa shape index (κ3) is 2.62. The lowest BCUT2D eigenvalue weighted by Crippen LogP contribution is -2.03. The molecule has 5 nitrogen and oxygen atoms in total. The van der Waals surface area contributed by atoms with Gasteiger partial charge in [-0.3, -0.25) is 0 Å². The number of sulfone groups is 1. The van der Waals surface area contributed by atoms with Crippen LogP contribution >= 0.6 is 0 Å². The van der Waals surface area contributed by atoms with Gasteiger partial charge in [0.05, 0.1) is 23.6 Å². The van der Waals surface area contributed by atoms with Crippen molar-refractivity contribution in [2.24, 2.45) is 5.73 Å². The number of hydrogen-bond acceptors (Lipinski definition) is 5. The van der Waals surface area contributed by atoms with Crippen molar-refractivity contribution in [3.63, 3.8) is 0 Å². The summed E-state index contributed by atoms with van der Waals surface area (Å²) in [7, 11) is -2.87. The number of aromatic nitrogens is 1. The molecular weight excluding hydrogens is 228 g/mol. The molecule has 0 aromatic carbocycles. The molecule has 90 valence electrons.